The number of aliphatic imine (C=N–C) groups is 1. The smallest absolute Gasteiger partial charge is 0.191 e. The van der Waals surface area contributed by atoms with Crippen LogP contribution in [0.2, 0.25) is 0 Å². The topological polar surface area (TPSA) is 67.4 Å². The maximum absolute atomic E-state index is 6.19. The number of rotatable bonds is 11. The predicted octanol–water partition coefficient (Wildman–Crippen LogP) is 2.56. The second-order valence-electron chi connectivity index (χ2n) is 7.83. The molecule has 0 aromatic heterocycles. The molecule has 1 atom stereocenters. The molecule has 0 bridgehead atoms. The summed E-state index contributed by atoms with van der Waals surface area (Å²) in [6.45, 7) is 7.83. The van der Waals surface area contributed by atoms with E-state index in [1.165, 1.54) is 18.4 Å². The fraction of sp³-hybridized carbons (Fsp3) is 0.682. The van der Waals surface area contributed by atoms with Crippen molar-refractivity contribution in [2.24, 2.45) is 4.99 Å². The van der Waals surface area contributed by atoms with Crippen molar-refractivity contribution >= 4 is 29.9 Å². The molecule has 2 fully saturated rings. The largest absolute Gasteiger partial charge is 0.488 e. The van der Waals surface area contributed by atoms with Crippen LogP contribution in [0, 0.1) is 6.92 Å². The first-order valence-electron chi connectivity index (χ1n) is 10.7. The number of nitrogens with zero attached hydrogens (tertiary/aromatic N) is 2. The number of benzene rings is 1. The third-order valence-electron chi connectivity index (χ3n) is 5.41. The number of hydrogen-bond donors (Lipinski definition) is 2. The van der Waals surface area contributed by atoms with Gasteiger partial charge in [-0.05, 0) is 31.4 Å². The number of methoxy groups -OCH3 is 1. The SMILES string of the molecule is CN=C(NCCN(CCOC)C1CC1)NCc1ccc(C)cc1OC1CCOC1.I. The Morgan fingerprint density at radius 3 is 2.73 bits per heavy atom. The normalized spacial score (nSPS) is 18.9. The average Bonchev–Trinajstić information content (AvgIpc) is 3.44. The monoisotopic (exact) mass is 532 g/mol. The van der Waals surface area contributed by atoms with Crippen LogP contribution in [0.5, 0.6) is 5.75 Å². The zero-order chi connectivity index (χ0) is 20.5. The number of aryl methyl sites for hydroxylation is 1. The highest BCUT2D eigenvalue weighted by Crippen LogP contribution is 2.26. The van der Waals surface area contributed by atoms with Crippen molar-refractivity contribution in [2.45, 2.75) is 44.9 Å². The minimum Gasteiger partial charge on any atom is -0.488 e. The Kier molecular flexibility index (Phi) is 11.2. The van der Waals surface area contributed by atoms with Gasteiger partial charge in [-0.2, -0.15) is 0 Å². The highest BCUT2D eigenvalue weighted by molar-refractivity contribution is 14.0. The third-order valence-corrected chi connectivity index (χ3v) is 5.41. The Hall–Kier alpha value is -1.10. The van der Waals surface area contributed by atoms with Gasteiger partial charge >= 0.3 is 0 Å². The number of ether oxygens (including phenoxy) is 3. The zero-order valence-electron chi connectivity index (χ0n) is 18.5. The average molecular weight is 532 g/mol. The molecule has 7 nitrogen and oxygen atoms in total. The van der Waals surface area contributed by atoms with Crippen molar-refractivity contribution < 1.29 is 14.2 Å². The molecule has 170 valence electrons. The summed E-state index contributed by atoms with van der Waals surface area (Å²) in [6.07, 6.45) is 3.70. The molecule has 0 amide bonds. The fourth-order valence-electron chi connectivity index (χ4n) is 3.55. The van der Waals surface area contributed by atoms with Crippen LogP contribution in [0.3, 0.4) is 0 Å². The molecular formula is C22H37IN4O3. The van der Waals surface area contributed by atoms with Gasteiger partial charge in [0.2, 0.25) is 0 Å². The summed E-state index contributed by atoms with van der Waals surface area (Å²) in [5.41, 5.74) is 2.33. The molecule has 1 aliphatic heterocycles. The molecule has 1 saturated heterocycles. The molecule has 30 heavy (non-hydrogen) atoms. The van der Waals surface area contributed by atoms with E-state index in [2.05, 4.69) is 45.6 Å². The minimum absolute atomic E-state index is 0. The summed E-state index contributed by atoms with van der Waals surface area (Å²) in [7, 11) is 3.57. The molecular weight excluding hydrogens is 495 g/mol. The number of halogens is 1. The fourth-order valence-corrected chi connectivity index (χ4v) is 3.55. The van der Waals surface area contributed by atoms with Gasteiger partial charge in [0.05, 0.1) is 19.8 Å². The lowest BCUT2D eigenvalue weighted by Crippen LogP contribution is -2.42. The van der Waals surface area contributed by atoms with Crippen LogP contribution >= 0.6 is 24.0 Å². The molecule has 2 N–H and O–H groups in total. The van der Waals surface area contributed by atoms with Gasteiger partial charge < -0.3 is 24.8 Å². The van der Waals surface area contributed by atoms with Gasteiger partial charge in [0.25, 0.3) is 0 Å². The van der Waals surface area contributed by atoms with Crippen molar-refractivity contribution in [1.82, 2.24) is 15.5 Å². The van der Waals surface area contributed by atoms with Gasteiger partial charge in [-0.1, -0.05) is 12.1 Å². The highest BCUT2D eigenvalue weighted by Gasteiger charge is 2.28. The second kappa shape index (κ2) is 13.3. The first kappa shape index (κ1) is 25.2. The van der Waals surface area contributed by atoms with Crippen molar-refractivity contribution in [2.75, 3.05) is 53.6 Å². The predicted molar refractivity (Wildman–Crippen MR) is 131 cm³/mol. The van der Waals surface area contributed by atoms with E-state index in [1.807, 2.05) is 0 Å². The van der Waals surface area contributed by atoms with E-state index in [4.69, 9.17) is 14.2 Å². The molecule has 1 heterocycles. The van der Waals surface area contributed by atoms with Crippen LogP contribution < -0.4 is 15.4 Å². The van der Waals surface area contributed by atoms with Crippen LogP contribution in [0.15, 0.2) is 23.2 Å². The van der Waals surface area contributed by atoms with Crippen molar-refractivity contribution in [1.29, 1.82) is 0 Å². The quantitative estimate of drug-likeness (QED) is 0.260. The van der Waals surface area contributed by atoms with E-state index in [0.717, 1.165) is 62.6 Å². The molecule has 1 saturated carbocycles. The Labute approximate surface area is 197 Å². The van der Waals surface area contributed by atoms with Gasteiger partial charge in [-0.15, -0.1) is 24.0 Å². The lowest BCUT2D eigenvalue weighted by molar-refractivity contribution is 0.140. The lowest BCUT2D eigenvalue weighted by Gasteiger charge is -2.22. The molecule has 3 rings (SSSR count). The van der Waals surface area contributed by atoms with E-state index < -0.39 is 0 Å². The maximum atomic E-state index is 6.19. The molecule has 0 spiro atoms. The van der Waals surface area contributed by atoms with Gasteiger partial charge in [-0.25, -0.2) is 0 Å². The summed E-state index contributed by atoms with van der Waals surface area (Å²) < 4.78 is 16.9. The number of guanidine groups is 1. The Bertz CT molecular complexity index is 664. The van der Waals surface area contributed by atoms with Crippen molar-refractivity contribution in [3.05, 3.63) is 29.3 Å². The summed E-state index contributed by atoms with van der Waals surface area (Å²) in [6, 6.07) is 7.08. The van der Waals surface area contributed by atoms with Crippen molar-refractivity contribution in [3.63, 3.8) is 0 Å². The molecule has 1 aromatic rings. The van der Waals surface area contributed by atoms with Gasteiger partial charge in [-0.3, -0.25) is 9.89 Å². The Balaban J connectivity index is 0.00000320. The Morgan fingerprint density at radius 2 is 2.07 bits per heavy atom. The third kappa shape index (κ3) is 8.20. The Morgan fingerprint density at radius 1 is 1.23 bits per heavy atom. The van der Waals surface area contributed by atoms with Gasteiger partial charge in [0.15, 0.2) is 5.96 Å². The van der Waals surface area contributed by atoms with E-state index in [1.54, 1.807) is 14.2 Å². The summed E-state index contributed by atoms with van der Waals surface area (Å²) in [4.78, 5) is 6.86. The van der Waals surface area contributed by atoms with E-state index >= 15 is 0 Å². The van der Waals surface area contributed by atoms with Gasteiger partial charge in [0.1, 0.15) is 11.9 Å². The first-order valence-corrected chi connectivity index (χ1v) is 10.7. The summed E-state index contributed by atoms with van der Waals surface area (Å²) >= 11 is 0. The molecule has 1 aliphatic carbocycles. The van der Waals surface area contributed by atoms with Crippen LogP contribution in [-0.4, -0.2) is 76.6 Å². The highest BCUT2D eigenvalue weighted by atomic mass is 127. The molecule has 0 radical (unpaired) electrons. The molecule has 2 aliphatic rings. The van der Waals surface area contributed by atoms with Crippen LogP contribution in [-0.2, 0) is 16.0 Å². The molecule has 1 aromatic carbocycles. The lowest BCUT2D eigenvalue weighted by atomic mass is 10.1. The van der Waals surface area contributed by atoms with Crippen LogP contribution in [0.4, 0.5) is 0 Å². The molecule has 8 heteroatoms. The van der Waals surface area contributed by atoms with Crippen molar-refractivity contribution in [3.8, 4) is 5.75 Å². The standard InChI is InChI=1S/C22H36N4O3.HI/c1-17-4-5-18(21(14-17)29-20-8-12-28-16-20)15-25-22(23-2)24-9-10-26(11-13-27-3)19-6-7-19;/h4-5,14,19-20H,6-13,15-16H2,1-3H3,(H2,23,24,25);1H. The van der Waals surface area contributed by atoms with Crippen LogP contribution in [0.25, 0.3) is 0 Å². The first-order chi connectivity index (χ1) is 14.2. The maximum Gasteiger partial charge on any atom is 0.191 e. The number of hydrogen-bond acceptors (Lipinski definition) is 5. The van der Waals surface area contributed by atoms with E-state index in [-0.39, 0.29) is 30.1 Å². The van der Waals surface area contributed by atoms with Crippen LogP contribution in [0.1, 0.15) is 30.4 Å². The van der Waals surface area contributed by atoms with E-state index in [0.29, 0.717) is 13.2 Å². The number of nitrogens with one attached hydrogen (secondary N) is 2. The van der Waals surface area contributed by atoms with E-state index in [9.17, 15) is 0 Å². The zero-order valence-corrected chi connectivity index (χ0v) is 20.8. The molecule has 1 unspecified atom stereocenters. The second-order valence-corrected chi connectivity index (χ2v) is 7.83. The summed E-state index contributed by atoms with van der Waals surface area (Å²) in [5.74, 6) is 1.74. The summed E-state index contributed by atoms with van der Waals surface area (Å²) in [5, 5.41) is 6.85. The minimum atomic E-state index is 0. The van der Waals surface area contributed by atoms with Gasteiger partial charge in [0, 0.05) is 58.4 Å².